The molecule has 5 nitrogen and oxygen atoms in total. The summed E-state index contributed by atoms with van der Waals surface area (Å²) in [5, 5.41) is 14.5. The first-order valence-electron chi connectivity index (χ1n) is 6.25. The molecule has 0 radical (unpaired) electrons. The van der Waals surface area contributed by atoms with Crippen LogP contribution in [0.3, 0.4) is 0 Å². The van der Waals surface area contributed by atoms with Crippen molar-refractivity contribution in [1.29, 1.82) is 0 Å². The van der Waals surface area contributed by atoms with Crippen molar-refractivity contribution in [3.63, 3.8) is 0 Å². The van der Waals surface area contributed by atoms with Gasteiger partial charge in [-0.15, -0.1) is 0 Å². The Kier molecular flexibility index (Phi) is 4.76. The van der Waals surface area contributed by atoms with E-state index in [1.165, 1.54) is 0 Å². The van der Waals surface area contributed by atoms with Crippen molar-refractivity contribution in [2.45, 2.75) is 52.1 Å². The molecule has 3 N–H and O–H groups in total. The summed E-state index contributed by atoms with van der Waals surface area (Å²) in [4.78, 5) is 22.9. The number of allylic oxidation sites excluding steroid dienone is 1. The molecule has 0 aromatic rings. The first kappa shape index (κ1) is 14.5. The molecule has 0 aromatic heterocycles. The van der Waals surface area contributed by atoms with Gasteiger partial charge in [0.1, 0.15) is 6.04 Å². The van der Waals surface area contributed by atoms with Crippen molar-refractivity contribution in [1.82, 2.24) is 10.6 Å². The number of carboxylic acid groups (broad SMARTS) is 1. The van der Waals surface area contributed by atoms with Gasteiger partial charge in [-0.2, -0.15) is 0 Å². The highest BCUT2D eigenvalue weighted by molar-refractivity contribution is 5.83. The minimum absolute atomic E-state index is 0.101. The van der Waals surface area contributed by atoms with Crippen molar-refractivity contribution in [3.05, 3.63) is 12.2 Å². The summed E-state index contributed by atoms with van der Waals surface area (Å²) in [6, 6.07) is -1.20. The Hall–Kier alpha value is -1.52. The molecule has 0 aromatic carbocycles. The standard InChI is InChI=1S/C13H22N2O3/c1-13(2,3)10(11(16)17)15-12(18)14-9-7-5-4-6-8-9/h4-5,9-10H,6-8H2,1-3H3,(H,16,17)(H2,14,15,18)/t9?,10-/m0/s1. The Labute approximate surface area is 108 Å². The molecular formula is C13H22N2O3. The zero-order valence-electron chi connectivity index (χ0n) is 11.2. The molecule has 0 heterocycles. The van der Waals surface area contributed by atoms with Gasteiger partial charge >= 0.3 is 12.0 Å². The largest absolute Gasteiger partial charge is 0.480 e. The fourth-order valence-electron chi connectivity index (χ4n) is 1.93. The molecule has 102 valence electrons. The fourth-order valence-corrected chi connectivity index (χ4v) is 1.93. The highest BCUT2D eigenvalue weighted by atomic mass is 16.4. The lowest BCUT2D eigenvalue weighted by atomic mass is 9.87. The van der Waals surface area contributed by atoms with Crippen molar-refractivity contribution in [3.8, 4) is 0 Å². The van der Waals surface area contributed by atoms with Gasteiger partial charge in [-0.25, -0.2) is 9.59 Å². The molecular weight excluding hydrogens is 232 g/mol. The maximum atomic E-state index is 11.8. The van der Waals surface area contributed by atoms with Crippen molar-refractivity contribution < 1.29 is 14.7 Å². The summed E-state index contributed by atoms with van der Waals surface area (Å²) in [6.45, 7) is 5.36. The number of urea groups is 1. The minimum atomic E-state index is -1.01. The van der Waals surface area contributed by atoms with Crippen LogP contribution in [0.15, 0.2) is 12.2 Å². The van der Waals surface area contributed by atoms with Crippen LogP contribution in [0.4, 0.5) is 4.79 Å². The molecule has 1 rings (SSSR count). The fraction of sp³-hybridized carbons (Fsp3) is 0.692. The molecule has 1 aliphatic carbocycles. The SMILES string of the molecule is CC(C)(C)[C@@H](NC(=O)NC1CC=CCC1)C(=O)O. The van der Waals surface area contributed by atoms with E-state index in [1.807, 2.05) is 6.08 Å². The number of rotatable bonds is 3. The number of carboxylic acids is 1. The van der Waals surface area contributed by atoms with Gasteiger partial charge in [0.15, 0.2) is 0 Å². The predicted octanol–water partition coefficient (Wildman–Crippen LogP) is 1.89. The normalized spacial score (nSPS) is 21.2. The van der Waals surface area contributed by atoms with E-state index < -0.39 is 23.5 Å². The summed E-state index contributed by atoms with van der Waals surface area (Å²) in [7, 11) is 0. The summed E-state index contributed by atoms with van der Waals surface area (Å²) in [5.41, 5.74) is -0.518. The van der Waals surface area contributed by atoms with Gasteiger partial charge in [-0.1, -0.05) is 32.9 Å². The van der Waals surface area contributed by atoms with Crippen molar-refractivity contribution >= 4 is 12.0 Å². The number of nitrogens with one attached hydrogen (secondary N) is 2. The number of hydrogen-bond acceptors (Lipinski definition) is 2. The average molecular weight is 254 g/mol. The average Bonchev–Trinajstić information content (AvgIpc) is 2.25. The van der Waals surface area contributed by atoms with Gasteiger partial charge in [-0.05, 0) is 24.7 Å². The number of hydrogen-bond donors (Lipinski definition) is 3. The van der Waals surface area contributed by atoms with E-state index in [-0.39, 0.29) is 6.04 Å². The van der Waals surface area contributed by atoms with Crippen LogP contribution in [0.25, 0.3) is 0 Å². The second-order valence-electron chi connectivity index (χ2n) is 5.74. The van der Waals surface area contributed by atoms with Crippen LogP contribution in [0, 0.1) is 5.41 Å². The third kappa shape index (κ3) is 4.39. The van der Waals surface area contributed by atoms with E-state index in [1.54, 1.807) is 20.8 Å². The predicted molar refractivity (Wildman–Crippen MR) is 69.3 cm³/mol. The molecule has 2 atom stereocenters. The summed E-state index contributed by atoms with van der Waals surface area (Å²) < 4.78 is 0. The zero-order valence-corrected chi connectivity index (χ0v) is 11.2. The quantitative estimate of drug-likeness (QED) is 0.673. The molecule has 18 heavy (non-hydrogen) atoms. The van der Waals surface area contributed by atoms with Gasteiger partial charge in [0.2, 0.25) is 0 Å². The van der Waals surface area contributed by atoms with Crippen LogP contribution >= 0.6 is 0 Å². The lowest BCUT2D eigenvalue weighted by Gasteiger charge is -2.29. The van der Waals surface area contributed by atoms with Crippen LogP contribution in [0.1, 0.15) is 40.0 Å². The molecule has 0 saturated heterocycles. The van der Waals surface area contributed by atoms with E-state index >= 15 is 0 Å². The number of carbonyl (C=O) groups is 2. The summed E-state index contributed by atoms with van der Waals surface area (Å²) in [6.07, 6.45) is 6.78. The highest BCUT2D eigenvalue weighted by Crippen LogP contribution is 2.19. The van der Waals surface area contributed by atoms with E-state index in [4.69, 9.17) is 5.11 Å². The van der Waals surface area contributed by atoms with E-state index in [0.717, 1.165) is 19.3 Å². The summed E-state index contributed by atoms with van der Waals surface area (Å²) in [5.74, 6) is -1.01. The van der Waals surface area contributed by atoms with E-state index in [9.17, 15) is 9.59 Å². The Morgan fingerprint density at radius 2 is 2.00 bits per heavy atom. The van der Waals surface area contributed by atoms with Crippen LogP contribution in [-0.4, -0.2) is 29.2 Å². The first-order valence-corrected chi connectivity index (χ1v) is 6.25. The molecule has 0 fully saturated rings. The lowest BCUT2D eigenvalue weighted by Crippen LogP contribution is -2.54. The number of aliphatic carboxylic acids is 1. The third-order valence-electron chi connectivity index (χ3n) is 2.99. The van der Waals surface area contributed by atoms with Gasteiger partial charge in [0.05, 0.1) is 0 Å². The minimum Gasteiger partial charge on any atom is -0.480 e. The zero-order chi connectivity index (χ0) is 13.8. The lowest BCUT2D eigenvalue weighted by molar-refractivity contribution is -0.141. The molecule has 0 aliphatic heterocycles. The van der Waals surface area contributed by atoms with Gasteiger partial charge in [0.25, 0.3) is 0 Å². The maximum Gasteiger partial charge on any atom is 0.326 e. The third-order valence-corrected chi connectivity index (χ3v) is 2.99. The van der Waals surface area contributed by atoms with Crippen LogP contribution in [0.2, 0.25) is 0 Å². The molecule has 0 saturated carbocycles. The Balaban J connectivity index is 2.51. The summed E-state index contributed by atoms with van der Waals surface area (Å²) >= 11 is 0. The van der Waals surface area contributed by atoms with Crippen LogP contribution in [0.5, 0.6) is 0 Å². The molecule has 5 heteroatoms. The van der Waals surface area contributed by atoms with Crippen LogP contribution in [-0.2, 0) is 4.79 Å². The Bertz CT molecular complexity index is 345. The van der Waals surface area contributed by atoms with Gasteiger partial charge < -0.3 is 15.7 Å². The number of amides is 2. The van der Waals surface area contributed by atoms with E-state index in [2.05, 4.69) is 16.7 Å². The Morgan fingerprint density at radius 3 is 2.44 bits per heavy atom. The molecule has 1 unspecified atom stereocenters. The second-order valence-corrected chi connectivity index (χ2v) is 5.74. The molecule has 0 spiro atoms. The monoisotopic (exact) mass is 254 g/mol. The Morgan fingerprint density at radius 1 is 1.33 bits per heavy atom. The maximum absolute atomic E-state index is 11.8. The van der Waals surface area contributed by atoms with Crippen molar-refractivity contribution in [2.75, 3.05) is 0 Å². The topological polar surface area (TPSA) is 78.4 Å². The van der Waals surface area contributed by atoms with Crippen LogP contribution < -0.4 is 10.6 Å². The van der Waals surface area contributed by atoms with Gasteiger partial charge in [-0.3, -0.25) is 0 Å². The van der Waals surface area contributed by atoms with Crippen molar-refractivity contribution in [2.24, 2.45) is 5.41 Å². The highest BCUT2D eigenvalue weighted by Gasteiger charge is 2.32. The van der Waals surface area contributed by atoms with E-state index in [0.29, 0.717) is 0 Å². The smallest absolute Gasteiger partial charge is 0.326 e. The first-order chi connectivity index (χ1) is 8.30. The van der Waals surface area contributed by atoms with Gasteiger partial charge in [0, 0.05) is 6.04 Å². The molecule has 1 aliphatic rings. The number of carbonyl (C=O) groups excluding carboxylic acids is 1. The molecule has 2 amide bonds. The molecule has 0 bridgehead atoms. The second kappa shape index (κ2) is 5.89.